The van der Waals surface area contributed by atoms with E-state index in [1.165, 1.54) is 0 Å². The van der Waals surface area contributed by atoms with E-state index in [1.54, 1.807) is 0 Å². The van der Waals surface area contributed by atoms with Gasteiger partial charge in [0.2, 0.25) is 0 Å². The molecular weight excluding hydrogens is 309 g/mol. The maximum Gasteiger partial charge on any atom is 2.00 e. The summed E-state index contributed by atoms with van der Waals surface area (Å²) in [6.07, 6.45) is -0.327. The fraction of sp³-hybridized carbons (Fsp3) is 0.600. The number of hydrogen-bond donors (Lipinski definition) is 2. The summed E-state index contributed by atoms with van der Waals surface area (Å²) in [4.78, 5) is 36.2. The van der Waals surface area contributed by atoms with Gasteiger partial charge in [-0.3, -0.25) is 4.79 Å². The van der Waals surface area contributed by atoms with Crippen molar-refractivity contribution in [3.8, 4) is 0 Å². The van der Waals surface area contributed by atoms with Crippen molar-refractivity contribution >= 4 is 35.0 Å². The molecule has 0 aromatic carbocycles. The topological polar surface area (TPSA) is 236 Å². The normalized spacial score (nSPS) is 8.65. The molecule has 0 saturated heterocycles. The van der Waals surface area contributed by atoms with Gasteiger partial charge >= 0.3 is 58.6 Å². The molecule has 20 heavy (non-hydrogen) atoms. The van der Waals surface area contributed by atoms with E-state index in [0.717, 1.165) is 0 Å². The van der Waals surface area contributed by atoms with Crippen LogP contribution in [0.1, 0.15) is 12.8 Å². The number of carbonyl (C=O) groups is 2. The summed E-state index contributed by atoms with van der Waals surface area (Å²) in [5.74, 6) is -2.47. The number of carboxylic acid groups (broad SMARTS) is 2. The summed E-state index contributed by atoms with van der Waals surface area (Å²) in [6.45, 7) is 0. The van der Waals surface area contributed by atoms with Crippen molar-refractivity contribution in [2.75, 3.05) is 0 Å². The molecule has 0 aromatic heterocycles. The third-order valence-corrected chi connectivity index (χ3v) is 0.972. The van der Waals surface area contributed by atoms with E-state index < -0.39 is 28.2 Å². The third kappa shape index (κ3) is 67.7. The molecule has 0 heterocycles. The van der Waals surface area contributed by atoms with Gasteiger partial charge in [-0.2, -0.15) is 0 Å². The summed E-state index contributed by atoms with van der Waals surface area (Å²) in [5.41, 5.74) is 4.94. The molecule has 0 bridgehead atoms. The van der Waals surface area contributed by atoms with Gasteiger partial charge in [0, 0.05) is 12.5 Å². The molecule has 0 saturated carbocycles. The second kappa shape index (κ2) is 20.4. The number of carboxylic acids is 2. The number of hydrogen-bond acceptors (Lipinski definition) is 10. The fourth-order valence-corrected chi connectivity index (χ4v) is 0.397. The van der Waals surface area contributed by atoms with E-state index in [4.69, 9.17) is 41.5 Å². The van der Waals surface area contributed by atoms with Gasteiger partial charge in [0.15, 0.2) is 0 Å². The molecular formula is C5H8MgN3NaO10. The number of nitrogens with two attached hydrogens (primary N) is 1. The van der Waals surface area contributed by atoms with Crippen molar-refractivity contribution in [1.82, 2.24) is 0 Å². The molecule has 1 atom stereocenters. The van der Waals surface area contributed by atoms with Gasteiger partial charge in [-0.05, 0) is 6.42 Å². The van der Waals surface area contributed by atoms with Crippen LogP contribution in [0.2, 0.25) is 0 Å². The minimum atomic E-state index is -1.75. The minimum absolute atomic E-state index is 0. The van der Waals surface area contributed by atoms with Crippen molar-refractivity contribution in [1.29, 1.82) is 0 Å². The summed E-state index contributed by atoms with van der Waals surface area (Å²) in [7, 11) is 0. The van der Waals surface area contributed by atoms with Crippen LogP contribution in [0, 0.1) is 30.6 Å². The molecule has 0 rings (SSSR count). The molecule has 0 aliphatic rings. The Balaban J connectivity index is -0.0000000637. The monoisotopic (exact) mass is 317 g/mol. The zero-order valence-electron chi connectivity index (χ0n) is 10.3. The van der Waals surface area contributed by atoms with Gasteiger partial charge < -0.3 is 51.4 Å². The molecule has 1 unspecified atom stereocenters. The van der Waals surface area contributed by atoms with Crippen LogP contribution >= 0.6 is 0 Å². The molecule has 0 spiro atoms. The maximum atomic E-state index is 9.88. The van der Waals surface area contributed by atoms with Crippen LogP contribution in [0.25, 0.3) is 0 Å². The van der Waals surface area contributed by atoms with Gasteiger partial charge in [-0.15, -0.1) is 0 Å². The molecule has 0 radical (unpaired) electrons. The maximum absolute atomic E-state index is 9.88. The Morgan fingerprint density at radius 1 is 1.10 bits per heavy atom. The standard InChI is InChI=1S/C5H9NO4.Mg.2NO3.Na/c6-3(5(9)10)1-2-4(7)8;;2*2-1(3)4;/h3H,1-2,6H2,(H,7,8)(H,9,10);;;;/q;+2;2*-1;+1/p-1. The first-order valence-corrected chi connectivity index (χ1v) is 3.82. The Bertz CT molecular complexity index is 283. The smallest absolute Gasteiger partial charge is 0.548 e. The largest absolute Gasteiger partial charge is 2.00 e. The molecule has 0 amide bonds. The van der Waals surface area contributed by atoms with Crippen LogP contribution in [0.15, 0.2) is 0 Å². The molecule has 0 aliphatic carbocycles. The first-order chi connectivity index (χ1) is 8.00. The van der Waals surface area contributed by atoms with Crippen molar-refractivity contribution in [3.63, 3.8) is 0 Å². The van der Waals surface area contributed by atoms with Crippen molar-refractivity contribution < 1.29 is 59.5 Å². The zero-order chi connectivity index (χ0) is 15.3. The molecule has 0 aromatic rings. The van der Waals surface area contributed by atoms with Crippen LogP contribution in [-0.4, -0.2) is 56.3 Å². The molecule has 0 aliphatic heterocycles. The van der Waals surface area contributed by atoms with Crippen LogP contribution in [0.4, 0.5) is 0 Å². The minimum Gasteiger partial charge on any atom is -0.548 e. The van der Waals surface area contributed by atoms with Gasteiger partial charge in [0.05, 0.1) is 16.1 Å². The molecule has 15 heteroatoms. The second-order valence-electron chi connectivity index (χ2n) is 2.31. The number of nitrogens with zero attached hydrogens (tertiary/aromatic N) is 2. The van der Waals surface area contributed by atoms with Gasteiger partial charge in [0.1, 0.15) is 0 Å². The van der Waals surface area contributed by atoms with Gasteiger partial charge in [-0.1, -0.05) is 0 Å². The van der Waals surface area contributed by atoms with Crippen molar-refractivity contribution in [3.05, 3.63) is 30.6 Å². The van der Waals surface area contributed by atoms with Crippen LogP contribution in [0.3, 0.4) is 0 Å². The van der Waals surface area contributed by atoms with Crippen LogP contribution in [-0.2, 0) is 9.59 Å². The summed E-state index contributed by atoms with van der Waals surface area (Å²) in [6, 6.07) is -1.17. The molecule has 13 nitrogen and oxygen atoms in total. The van der Waals surface area contributed by atoms with Crippen LogP contribution in [0.5, 0.6) is 0 Å². The predicted octanol–water partition coefficient (Wildman–Crippen LogP) is -5.93. The van der Waals surface area contributed by atoms with Crippen LogP contribution < -0.4 is 40.4 Å². The third-order valence-electron chi connectivity index (χ3n) is 0.972. The Labute approximate surface area is 149 Å². The van der Waals surface area contributed by atoms with E-state index in [1.807, 2.05) is 0 Å². The van der Waals surface area contributed by atoms with E-state index >= 15 is 0 Å². The number of rotatable bonds is 4. The Morgan fingerprint density at radius 3 is 1.50 bits per heavy atom. The van der Waals surface area contributed by atoms with Gasteiger partial charge in [0.25, 0.3) is 0 Å². The summed E-state index contributed by atoms with van der Waals surface area (Å²) < 4.78 is 0. The Kier molecular flexibility index (Phi) is 32.1. The van der Waals surface area contributed by atoms with Crippen molar-refractivity contribution in [2.24, 2.45) is 5.73 Å². The Hall–Kier alpha value is -0.934. The summed E-state index contributed by atoms with van der Waals surface area (Å²) >= 11 is 0. The first-order valence-electron chi connectivity index (χ1n) is 3.82. The SMILES string of the molecule is NC(CCC(=O)O)C(=O)[O-].O=[N+]([O-])[O-].O=[N+]([O-])[O-].[Mg+2].[Na+]. The quantitative estimate of drug-likeness (QED) is 0.281. The molecule has 0 fully saturated rings. The zero-order valence-corrected chi connectivity index (χ0v) is 13.7. The van der Waals surface area contributed by atoms with Crippen molar-refractivity contribution in [2.45, 2.75) is 18.9 Å². The molecule has 3 N–H and O–H groups in total. The summed E-state index contributed by atoms with van der Waals surface area (Å²) in [5, 5.41) is 47.5. The number of aliphatic carboxylic acids is 2. The fourth-order valence-electron chi connectivity index (χ4n) is 0.397. The first kappa shape index (κ1) is 31.5. The van der Waals surface area contributed by atoms with E-state index in [9.17, 15) is 14.7 Å². The Morgan fingerprint density at radius 2 is 1.35 bits per heavy atom. The van der Waals surface area contributed by atoms with Gasteiger partial charge in [-0.25, -0.2) is 0 Å². The van der Waals surface area contributed by atoms with E-state index in [0.29, 0.717) is 0 Å². The average Bonchev–Trinajstić information content (AvgIpc) is 2.11. The number of carbonyl (C=O) groups excluding carboxylic acids is 1. The average molecular weight is 317 g/mol. The molecule has 106 valence electrons. The van der Waals surface area contributed by atoms with E-state index in [2.05, 4.69) is 0 Å². The van der Waals surface area contributed by atoms with E-state index in [-0.39, 0.29) is 65.5 Å². The predicted molar refractivity (Wildman–Crippen MR) is 56.3 cm³/mol. The second-order valence-corrected chi connectivity index (χ2v) is 2.31.